The van der Waals surface area contributed by atoms with E-state index >= 15 is 0 Å². The molecule has 0 saturated heterocycles. The van der Waals surface area contributed by atoms with Crippen molar-refractivity contribution in [2.45, 2.75) is 33.2 Å². The van der Waals surface area contributed by atoms with Crippen LogP contribution in [0.15, 0.2) is 36.5 Å². The fourth-order valence-electron chi connectivity index (χ4n) is 3.34. The summed E-state index contributed by atoms with van der Waals surface area (Å²) in [6.07, 6.45) is 3.48. The van der Waals surface area contributed by atoms with Gasteiger partial charge in [-0.15, -0.1) is 0 Å². The number of benzene rings is 1. The van der Waals surface area contributed by atoms with E-state index in [0.717, 1.165) is 38.2 Å². The van der Waals surface area contributed by atoms with E-state index in [1.54, 1.807) is 0 Å². The van der Waals surface area contributed by atoms with E-state index in [1.807, 2.05) is 16.9 Å². The quantitative estimate of drug-likeness (QED) is 0.887. The lowest BCUT2D eigenvalue weighted by Gasteiger charge is -2.25. The minimum atomic E-state index is 0.0725. The molecular weight excluding hydrogens is 300 g/mol. The van der Waals surface area contributed by atoms with Gasteiger partial charge in [-0.25, -0.2) is 0 Å². The average molecular weight is 326 g/mol. The molecule has 1 unspecified atom stereocenters. The number of aryl methyl sites for hydroxylation is 2. The van der Waals surface area contributed by atoms with Gasteiger partial charge in [0.15, 0.2) is 0 Å². The van der Waals surface area contributed by atoms with Crippen molar-refractivity contribution in [3.8, 4) is 0 Å². The molecule has 0 aliphatic carbocycles. The van der Waals surface area contributed by atoms with Gasteiger partial charge in [0.25, 0.3) is 0 Å². The molecule has 1 aromatic heterocycles. The van der Waals surface area contributed by atoms with Gasteiger partial charge in [-0.3, -0.25) is 9.48 Å². The summed E-state index contributed by atoms with van der Waals surface area (Å²) in [5.74, 6) is 0.242. The molecule has 3 rings (SSSR count). The lowest BCUT2D eigenvalue weighted by Crippen LogP contribution is -2.40. The molecule has 0 fully saturated rings. The van der Waals surface area contributed by atoms with Gasteiger partial charge in [0.05, 0.1) is 0 Å². The smallest absolute Gasteiger partial charge is 0.223 e. The minimum Gasteiger partial charge on any atom is -0.370 e. The van der Waals surface area contributed by atoms with Crippen molar-refractivity contribution in [2.24, 2.45) is 5.92 Å². The number of aromatic nitrogens is 2. The molecule has 2 aromatic rings. The predicted octanol–water partition coefficient (Wildman–Crippen LogP) is 2.40. The van der Waals surface area contributed by atoms with E-state index < -0.39 is 0 Å². The number of nitrogens with zero attached hydrogens (tertiary/aromatic N) is 3. The third kappa shape index (κ3) is 3.78. The maximum absolute atomic E-state index is 12.4. The van der Waals surface area contributed by atoms with Crippen LogP contribution in [0.2, 0.25) is 0 Å². The summed E-state index contributed by atoms with van der Waals surface area (Å²) in [7, 11) is 0. The van der Waals surface area contributed by atoms with Crippen LogP contribution in [0.5, 0.6) is 0 Å². The van der Waals surface area contributed by atoms with E-state index in [9.17, 15) is 4.79 Å². The lowest BCUT2D eigenvalue weighted by molar-refractivity contribution is -0.125. The normalized spacial score (nSPS) is 16.5. The average Bonchev–Trinajstić information content (AvgIpc) is 3.06. The Kier molecular flexibility index (Phi) is 5.18. The van der Waals surface area contributed by atoms with Crippen molar-refractivity contribution in [1.82, 2.24) is 15.1 Å². The third-order valence-corrected chi connectivity index (χ3v) is 4.75. The summed E-state index contributed by atoms with van der Waals surface area (Å²) in [5, 5.41) is 7.38. The molecular formula is C19H26N4O. The molecule has 0 spiro atoms. The van der Waals surface area contributed by atoms with Crippen LogP contribution in [-0.4, -0.2) is 35.3 Å². The molecule has 0 saturated carbocycles. The number of hydrogen-bond donors (Lipinski definition) is 1. The number of hydrogen-bond acceptors (Lipinski definition) is 3. The molecule has 1 N–H and O–H groups in total. The van der Waals surface area contributed by atoms with Gasteiger partial charge >= 0.3 is 0 Å². The zero-order chi connectivity index (χ0) is 16.9. The highest BCUT2D eigenvalue weighted by Crippen LogP contribution is 2.19. The van der Waals surface area contributed by atoms with Crippen molar-refractivity contribution < 1.29 is 4.79 Å². The summed E-state index contributed by atoms with van der Waals surface area (Å²) in [6.45, 7) is 7.53. The third-order valence-electron chi connectivity index (χ3n) is 4.75. The topological polar surface area (TPSA) is 50.2 Å². The number of amides is 1. The molecule has 1 aliphatic heterocycles. The molecule has 1 amide bonds. The van der Waals surface area contributed by atoms with Crippen LogP contribution in [-0.2, 0) is 17.8 Å². The number of anilines is 1. The van der Waals surface area contributed by atoms with Crippen LogP contribution < -0.4 is 10.2 Å². The molecule has 128 valence electrons. The predicted molar refractivity (Wildman–Crippen MR) is 96.1 cm³/mol. The van der Waals surface area contributed by atoms with Crippen LogP contribution in [0.1, 0.15) is 24.6 Å². The molecule has 0 radical (unpaired) electrons. The first-order valence-corrected chi connectivity index (χ1v) is 8.77. The van der Waals surface area contributed by atoms with Gasteiger partial charge in [0.1, 0.15) is 0 Å². The molecule has 2 heterocycles. The Bertz CT molecular complexity index is 694. The van der Waals surface area contributed by atoms with Crippen molar-refractivity contribution in [2.75, 3.05) is 24.5 Å². The molecule has 1 aromatic carbocycles. The lowest BCUT2D eigenvalue weighted by atomic mass is 9.95. The highest BCUT2D eigenvalue weighted by Gasteiger charge is 2.24. The van der Waals surface area contributed by atoms with Gasteiger partial charge in [-0.2, -0.15) is 5.10 Å². The van der Waals surface area contributed by atoms with Gasteiger partial charge in [-0.05, 0) is 44.0 Å². The second kappa shape index (κ2) is 7.51. The first-order valence-electron chi connectivity index (χ1n) is 8.77. The van der Waals surface area contributed by atoms with Gasteiger partial charge in [-0.1, -0.05) is 12.1 Å². The van der Waals surface area contributed by atoms with Gasteiger partial charge < -0.3 is 10.2 Å². The summed E-state index contributed by atoms with van der Waals surface area (Å²) < 4.78 is 2.00. The molecule has 5 heteroatoms. The summed E-state index contributed by atoms with van der Waals surface area (Å²) >= 11 is 0. The second-order valence-corrected chi connectivity index (χ2v) is 6.45. The Morgan fingerprint density at radius 3 is 3.08 bits per heavy atom. The monoisotopic (exact) mass is 326 g/mol. The van der Waals surface area contributed by atoms with E-state index in [1.165, 1.54) is 11.3 Å². The number of fused-ring (bicyclic) bond motifs is 1. The number of rotatable bonds is 6. The number of carbonyl (C=O) groups is 1. The van der Waals surface area contributed by atoms with Crippen LogP contribution in [0.25, 0.3) is 0 Å². The minimum absolute atomic E-state index is 0.0725. The fraction of sp³-hybridized carbons (Fsp3) is 0.474. The Morgan fingerprint density at radius 2 is 2.29 bits per heavy atom. The standard InChI is InChI=1S/C19H26N4O/c1-3-22(17-6-4-5-15(2)13-17)12-10-20-19(24)16-8-11-23-18(14-16)7-9-21-23/h4-7,9,13,16H,3,8,10-12,14H2,1-2H3,(H,20,24). The molecule has 5 nitrogen and oxygen atoms in total. The van der Waals surface area contributed by atoms with Crippen LogP contribution >= 0.6 is 0 Å². The van der Waals surface area contributed by atoms with E-state index in [-0.39, 0.29) is 11.8 Å². The van der Waals surface area contributed by atoms with Crippen LogP contribution in [0, 0.1) is 12.8 Å². The Labute approximate surface area is 143 Å². The Morgan fingerprint density at radius 1 is 1.42 bits per heavy atom. The highest BCUT2D eigenvalue weighted by molar-refractivity contribution is 5.79. The van der Waals surface area contributed by atoms with Crippen LogP contribution in [0.3, 0.4) is 0 Å². The van der Waals surface area contributed by atoms with Crippen molar-refractivity contribution >= 4 is 11.6 Å². The van der Waals surface area contributed by atoms with Crippen LogP contribution in [0.4, 0.5) is 5.69 Å². The summed E-state index contributed by atoms with van der Waals surface area (Å²) in [5.41, 5.74) is 3.64. The summed E-state index contributed by atoms with van der Waals surface area (Å²) in [6, 6.07) is 10.5. The number of likely N-dealkylation sites (N-methyl/N-ethyl adjacent to an activating group) is 1. The molecule has 24 heavy (non-hydrogen) atoms. The Balaban J connectivity index is 1.49. The largest absolute Gasteiger partial charge is 0.370 e. The zero-order valence-electron chi connectivity index (χ0n) is 14.5. The van der Waals surface area contributed by atoms with Crippen molar-refractivity contribution in [1.29, 1.82) is 0 Å². The van der Waals surface area contributed by atoms with E-state index in [2.05, 4.69) is 53.4 Å². The second-order valence-electron chi connectivity index (χ2n) is 6.45. The van der Waals surface area contributed by atoms with Crippen molar-refractivity contribution in [3.05, 3.63) is 47.8 Å². The molecule has 0 bridgehead atoms. The van der Waals surface area contributed by atoms with Gasteiger partial charge in [0.2, 0.25) is 5.91 Å². The van der Waals surface area contributed by atoms with E-state index in [0.29, 0.717) is 6.54 Å². The van der Waals surface area contributed by atoms with Gasteiger partial charge in [0, 0.05) is 56.1 Å². The zero-order valence-corrected chi connectivity index (χ0v) is 14.5. The molecule has 1 aliphatic rings. The van der Waals surface area contributed by atoms with E-state index in [4.69, 9.17) is 0 Å². The maximum Gasteiger partial charge on any atom is 0.223 e. The maximum atomic E-state index is 12.4. The number of carbonyl (C=O) groups excluding carboxylic acids is 1. The fourth-order valence-corrected chi connectivity index (χ4v) is 3.34. The first-order chi connectivity index (χ1) is 11.7. The first kappa shape index (κ1) is 16.6. The SMILES string of the molecule is CCN(CCNC(=O)C1CCn2nccc2C1)c1cccc(C)c1. The summed E-state index contributed by atoms with van der Waals surface area (Å²) in [4.78, 5) is 14.7. The number of nitrogens with one attached hydrogen (secondary N) is 1. The van der Waals surface area contributed by atoms with Crippen molar-refractivity contribution in [3.63, 3.8) is 0 Å². The highest BCUT2D eigenvalue weighted by atomic mass is 16.1. The molecule has 1 atom stereocenters. The Hall–Kier alpha value is -2.30.